The molecule has 0 spiro atoms. The summed E-state index contributed by atoms with van der Waals surface area (Å²) in [6.45, 7) is 2.44. The Hall–Kier alpha value is -2.86. The first-order valence-electron chi connectivity index (χ1n) is 9.39. The van der Waals surface area contributed by atoms with Crippen LogP contribution in [0.5, 0.6) is 5.75 Å². The van der Waals surface area contributed by atoms with E-state index in [1.165, 1.54) is 7.11 Å². The van der Waals surface area contributed by atoms with Gasteiger partial charge in [-0.2, -0.15) is 0 Å². The van der Waals surface area contributed by atoms with Gasteiger partial charge in [0.05, 0.1) is 29.3 Å². The van der Waals surface area contributed by atoms with Crippen molar-refractivity contribution in [2.45, 2.75) is 19.8 Å². The number of halogens is 1. The van der Waals surface area contributed by atoms with E-state index >= 15 is 0 Å². The van der Waals surface area contributed by atoms with Crippen molar-refractivity contribution in [3.8, 4) is 5.75 Å². The Balaban J connectivity index is 1.79. The highest BCUT2D eigenvalue weighted by molar-refractivity contribution is 9.10. The fourth-order valence-electron chi connectivity index (χ4n) is 2.93. The SMILES string of the molecule is CCCCOC(=O)c1ccc(NC(=O)c2cc3ccccc3c(Br)c2OC)cc1. The second kappa shape index (κ2) is 9.56. The number of methoxy groups -OCH3 is 1. The zero-order valence-electron chi connectivity index (χ0n) is 16.3. The maximum absolute atomic E-state index is 12.9. The molecule has 0 saturated carbocycles. The quantitative estimate of drug-likeness (QED) is 0.360. The molecular weight excluding hydrogens is 434 g/mol. The van der Waals surface area contributed by atoms with Gasteiger partial charge in [0.15, 0.2) is 0 Å². The van der Waals surface area contributed by atoms with Crippen LogP contribution < -0.4 is 10.1 Å². The summed E-state index contributed by atoms with van der Waals surface area (Å²) in [7, 11) is 1.53. The second-order valence-electron chi connectivity index (χ2n) is 6.51. The first kappa shape index (κ1) is 20.9. The minimum absolute atomic E-state index is 0.299. The first-order chi connectivity index (χ1) is 14.0. The number of anilines is 1. The molecule has 0 aliphatic heterocycles. The van der Waals surface area contributed by atoms with E-state index < -0.39 is 0 Å². The zero-order valence-corrected chi connectivity index (χ0v) is 17.9. The smallest absolute Gasteiger partial charge is 0.338 e. The lowest BCUT2D eigenvalue weighted by molar-refractivity contribution is 0.0499. The summed E-state index contributed by atoms with van der Waals surface area (Å²) in [6, 6.07) is 16.2. The standard InChI is InChI=1S/C23H22BrNO4/c1-3-4-13-29-23(27)15-9-11-17(12-10-15)25-22(26)19-14-16-7-5-6-8-18(16)20(24)21(19)28-2/h5-12,14H,3-4,13H2,1-2H3,(H,25,26). The molecule has 3 aromatic carbocycles. The number of amides is 1. The van der Waals surface area contributed by atoms with Gasteiger partial charge in [0.25, 0.3) is 5.91 Å². The van der Waals surface area contributed by atoms with E-state index in [1.807, 2.05) is 31.2 Å². The van der Waals surface area contributed by atoms with Gasteiger partial charge >= 0.3 is 5.97 Å². The summed E-state index contributed by atoms with van der Waals surface area (Å²) in [6.07, 6.45) is 1.80. The van der Waals surface area contributed by atoms with Gasteiger partial charge in [-0.1, -0.05) is 37.6 Å². The molecule has 0 atom stereocenters. The van der Waals surface area contributed by atoms with Crippen LogP contribution in [0.1, 0.15) is 40.5 Å². The predicted molar refractivity (Wildman–Crippen MR) is 118 cm³/mol. The number of carbonyl (C=O) groups is 2. The van der Waals surface area contributed by atoms with Crippen LogP contribution in [0, 0.1) is 0 Å². The molecule has 150 valence electrons. The maximum atomic E-state index is 12.9. The van der Waals surface area contributed by atoms with Crippen LogP contribution in [0.2, 0.25) is 0 Å². The zero-order chi connectivity index (χ0) is 20.8. The fourth-order valence-corrected chi connectivity index (χ4v) is 3.67. The summed E-state index contributed by atoms with van der Waals surface area (Å²) in [5.41, 5.74) is 1.44. The minimum Gasteiger partial charge on any atom is -0.495 e. The molecule has 3 rings (SSSR count). The molecule has 0 bridgehead atoms. The Morgan fingerprint density at radius 1 is 1.07 bits per heavy atom. The van der Waals surface area contributed by atoms with Crippen LogP contribution in [-0.2, 0) is 4.74 Å². The molecule has 0 radical (unpaired) electrons. The third kappa shape index (κ3) is 4.77. The number of unbranched alkanes of at least 4 members (excludes halogenated alkanes) is 1. The molecule has 0 unspecified atom stereocenters. The third-order valence-corrected chi connectivity index (χ3v) is 5.29. The molecule has 0 aliphatic rings. The van der Waals surface area contributed by atoms with Crippen LogP contribution in [0.25, 0.3) is 10.8 Å². The fraction of sp³-hybridized carbons (Fsp3) is 0.217. The molecule has 3 aromatic rings. The highest BCUT2D eigenvalue weighted by atomic mass is 79.9. The number of carbonyl (C=O) groups excluding carboxylic acids is 2. The molecule has 5 nitrogen and oxygen atoms in total. The van der Waals surface area contributed by atoms with Crippen LogP contribution in [-0.4, -0.2) is 25.6 Å². The highest BCUT2D eigenvalue weighted by Gasteiger charge is 2.18. The molecule has 1 amide bonds. The van der Waals surface area contributed by atoms with Gasteiger partial charge in [-0.25, -0.2) is 4.79 Å². The number of hydrogen-bond donors (Lipinski definition) is 1. The average Bonchev–Trinajstić information content (AvgIpc) is 2.74. The van der Waals surface area contributed by atoms with Crippen LogP contribution in [0.15, 0.2) is 59.1 Å². The molecule has 0 saturated heterocycles. The summed E-state index contributed by atoms with van der Waals surface area (Å²) in [5, 5.41) is 4.74. The Bertz CT molecular complexity index is 1030. The maximum Gasteiger partial charge on any atom is 0.338 e. The van der Waals surface area contributed by atoms with E-state index in [9.17, 15) is 9.59 Å². The van der Waals surface area contributed by atoms with Crippen LogP contribution in [0.3, 0.4) is 0 Å². The summed E-state index contributed by atoms with van der Waals surface area (Å²) in [5.74, 6) is -0.194. The number of rotatable bonds is 7. The molecule has 0 aromatic heterocycles. The Kier molecular flexibility index (Phi) is 6.88. The molecule has 1 N–H and O–H groups in total. The highest BCUT2D eigenvalue weighted by Crippen LogP contribution is 2.36. The molecule has 6 heteroatoms. The van der Waals surface area contributed by atoms with Crippen LogP contribution >= 0.6 is 15.9 Å². The van der Waals surface area contributed by atoms with Crippen molar-refractivity contribution in [3.05, 3.63) is 70.2 Å². The topological polar surface area (TPSA) is 64.6 Å². The Morgan fingerprint density at radius 3 is 2.48 bits per heavy atom. The predicted octanol–water partition coefficient (Wildman–Crippen LogP) is 5.82. The van der Waals surface area contributed by atoms with Gasteiger partial charge in [-0.05, 0) is 63.5 Å². The normalized spacial score (nSPS) is 10.6. The third-order valence-electron chi connectivity index (χ3n) is 4.50. The number of hydrogen-bond acceptors (Lipinski definition) is 4. The number of esters is 1. The minimum atomic E-state index is -0.364. The Labute approximate surface area is 178 Å². The first-order valence-corrected chi connectivity index (χ1v) is 10.2. The van der Waals surface area contributed by atoms with Crippen molar-refractivity contribution in [2.24, 2.45) is 0 Å². The molecule has 0 aliphatic carbocycles. The van der Waals surface area contributed by atoms with E-state index in [-0.39, 0.29) is 11.9 Å². The Morgan fingerprint density at radius 2 is 1.79 bits per heavy atom. The van der Waals surface area contributed by atoms with Crippen LogP contribution in [0.4, 0.5) is 5.69 Å². The number of benzene rings is 3. The van der Waals surface area contributed by atoms with Crippen molar-refractivity contribution in [3.63, 3.8) is 0 Å². The van der Waals surface area contributed by atoms with Crippen molar-refractivity contribution in [1.29, 1.82) is 0 Å². The van der Waals surface area contributed by atoms with Gasteiger partial charge < -0.3 is 14.8 Å². The largest absolute Gasteiger partial charge is 0.495 e. The van der Waals surface area contributed by atoms with E-state index in [4.69, 9.17) is 9.47 Å². The van der Waals surface area contributed by atoms with Gasteiger partial charge in [0.1, 0.15) is 5.75 Å². The van der Waals surface area contributed by atoms with Gasteiger partial charge in [0.2, 0.25) is 0 Å². The van der Waals surface area contributed by atoms with E-state index in [2.05, 4.69) is 21.2 Å². The monoisotopic (exact) mass is 455 g/mol. The molecule has 0 fully saturated rings. The van der Waals surface area contributed by atoms with Crippen molar-refractivity contribution < 1.29 is 19.1 Å². The van der Waals surface area contributed by atoms with Crippen molar-refractivity contribution >= 4 is 44.3 Å². The lowest BCUT2D eigenvalue weighted by Crippen LogP contribution is -2.14. The summed E-state index contributed by atoms with van der Waals surface area (Å²) < 4.78 is 11.4. The second-order valence-corrected chi connectivity index (χ2v) is 7.31. The van der Waals surface area contributed by atoms with Crippen molar-refractivity contribution in [2.75, 3.05) is 19.0 Å². The summed E-state index contributed by atoms with van der Waals surface area (Å²) >= 11 is 3.54. The van der Waals surface area contributed by atoms with E-state index in [1.54, 1.807) is 30.3 Å². The molecule has 29 heavy (non-hydrogen) atoms. The van der Waals surface area contributed by atoms with E-state index in [0.29, 0.717) is 29.2 Å². The number of ether oxygens (including phenoxy) is 2. The van der Waals surface area contributed by atoms with Gasteiger partial charge in [-0.15, -0.1) is 0 Å². The molecule has 0 heterocycles. The molecular formula is C23H22BrNO4. The van der Waals surface area contributed by atoms with Crippen molar-refractivity contribution in [1.82, 2.24) is 0 Å². The van der Waals surface area contributed by atoms with E-state index in [0.717, 1.165) is 28.1 Å². The lowest BCUT2D eigenvalue weighted by Gasteiger charge is -2.14. The average molecular weight is 456 g/mol. The number of fused-ring (bicyclic) bond motifs is 1. The van der Waals surface area contributed by atoms with Gasteiger partial charge in [0, 0.05) is 5.69 Å². The number of nitrogens with one attached hydrogen (secondary N) is 1. The summed E-state index contributed by atoms with van der Waals surface area (Å²) in [4.78, 5) is 24.9. The van der Waals surface area contributed by atoms with Gasteiger partial charge in [-0.3, -0.25) is 4.79 Å². The lowest BCUT2D eigenvalue weighted by atomic mass is 10.0.